The number of hydrogen-bond acceptors (Lipinski definition) is 7. The normalized spacial score (nSPS) is 10.7. The van der Waals surface area contributed by atoms with Crippen LogP contribution in [-0.4, -0.2) is 43.0 Å². The number of hydrogen-bond donors (Lipinski definition) is 1. The van der Waals surface area contributed by atoms with Crippen molar-refractivity contribution in [3.63, 3.8) is 0 Å². The first-order valence-corrected chi connectivity index (χ1v) is 14.3. The lowest BCUT2D eigenvalue weighted by Gasteiger charge is -2.14. The molecule has 230 valence electrons. The second-order valence-electron chi connectivity index (χ2n) is 10.6. The van der Waals surface area contributed by atoms with Gasteiger partial charge < -0.3 is 24.3 Å². The molecule has 5 rings (SSSR count). The van der Waals surface area contributed by atoms with Crippen molar-refractivity contribution in [2.45, 2.75) is 27.7 Å². The third-order valence-electron chi connectivity index (χ3n) is 7.36. The summed E-state index contributed by atoms with van der Waals surface area (Å²) < 4.78 is 24.4. The first kappa shape index (κ1) is 30.9. The minimum Gasteiger partial charge on any atom is -0.493 e. The van der Waals surface area contributed by atoms with Gasteiger partial charge in [0.1, 0.15) is 5.69 Å². The van der Waals surface area contributed by atoms with E-state index in [4.69, 9.17) is 24.0 Å². The van der Waals surface area contributed by atoms with E-state index in [0.717, 1.165) is 22.4 Å². The molecular formula is C36H35N3O6. The highest BCUT2D eigenvalue weighted by molar-refractivity contribution is 6.04. The second kappa shape index (κ2) is 13.0. The lowest BCUT2D eigenvalue weighted by Crippen LogP contribution is -2.11. The van der Waals surface area contributed by atoms with Crippen molar-refractivity contribution >= 4 is 17.6 Å². The molecule has 5 aromatic rings. The summed E-state index contributed by atoms with van der Waals surface area (Å²) in [6.45, 7) is 7.28. The van der Waals surface area contributed by atoms with Crippen LogP contribution in [0.3, 0.4) is 0 Å². The summed E-state index contributed by atoms with van der Waals surface area (Å²) in [6, 6.07) is 24.3. The molecule has 0 unspecified atom stereocenters. The van der Waals surface area contributed by atoms with Crippen molar-refractivity contribution in [2.75, 3.05) is 26.6 Å². The van der Waals surface area contributed by atoms with Gasteiger partial charge in [-0.25, -0.2) is 0 Å². The van der Waals surface area contributed by atoms with E-state index in [1.807, 2.05) is 63.2 Å². The van der Waals surface area contributed by atoms with Gasteiger partial charge in [-0.15, -0.1) is 0 Å². The first-order valence-electron chi connectivity index (χ1n) is 14.3. The molecule has 0 saturated heterocycles. The number of carbonyl (C=O) groups is 2. The number of ether oxygens (including phenoxy) is 4. The Labute approximate surface area is 262 Å². The summed E-state index contributed by atoms with van der Waals surface area (Å²) in [5.74, 6) is 0.861. The average molecular weight is 606 g/mol. The predicted molar refractivity (Wildman–Crippen MR) is 174 cm³/mol. The molecule has 0 fully saturated rings. The monoisotopic (exact) mass is 605 g/mol. The topological polar surface area (TPSA) is 101 Å². The zero-order valence-electron chi connectivity index (χ0n) is 26.3. The summed E-state index contributed by atoms with van der Waals surface area (Å²) >= 11 is 0. The van der Waals surface area contributed by atoms with E-state index in [0.29, 0.717) is 50.9 Å². The Morgan fingerprint density at radius 3 is 1.93 bits per heavy atom. The largest absolute Gasteiger partial charge is 0.493 e. The highest BCUT2D eigenvalue weighted by atomic mass is 16.5. The molecule has 0 saturated carbocycles. The van der Waals surface area contributed by atoms with E-state index in [1.54, 1.807) is 62.4 Å². The minimum atomic E-state index is -0.499. The van der Waals surface area contributed by atoms with E-state index in [2.05, 4.69) is 5.32 Å². The van der Waals surface area contributed by atoms with Crippen molar-refractivity contribution in [1.82, 2.24) is 9.78 Å². The van der Waals surface area contributed by atoms with Gasteiger partial charge in [0.25, 0.3) is 5.91 Å². The Bertz CT molecular complexity index is 1850. The van der Waals surface area contributed by atoms with Crippen molar-refractivity contribution in [3.05, 3.63) is 101 Å². The van der Waals surface area contributed by atoms with Crippen molar-refractivity contribution in [2.24, 2.45) is 0 Å². The Balaban J connectivity index is 1.70. The molecule has 1 N–H and O–H groups in total. The molecule has 9 nitrogen and oxygen atoms in total. The smallest absolute Gasteiger partial charge is 0.309 e. The van der Waals surface area contributed by atoms with Gasteiger partial charge >= 0.3 is 5.97 Å². The molecule has 45 heavy (non-hydrogen) atoms. The quantitative estimate of drug-likeness (QED) is 0.176. The number of aromatic nitrogens is 2. The van der Waals surface area contributed by atoms with E-state index in [9.17, 15) is 9.59 Å². The molecule has 0 bridgehead atoms. The molecule has 9 heteroatoms. The number of carbonyl (C=O) groups excluding carboxylic acids is 2. The number of aryl methyl sites for hydroxylation is 3. The van der Waals surface area contributed by atoms with Gasteiger partial charge in [-0.2, -0.15) is 9.78 Å². The Morgan fingerprint density at radius 1 is 0.733 bits per heavy atom. The number of amides is 1. The first-order chi connectivity index (χ1) is 21.6. The van der Waals surface area contributed by atoms with Crippen LogP contribution in [0.4, 0.5) is 5.69 Å². The summed E-state index contributed by atoms with van der Waals surface area (Å²) in [5, 5.41) is 7.97. The van der Waals surface area contributed by atoms with Crippen molar-refractivity contribution in [3.8, 4) is 51.2 Å². The summed E-state index contributed by atoms with van der Waals surface area (Å²) in [5.41, 5.74) is 7.39. The molecule has 4 aromatic carbocycles. The molecule has 0 aliphatic rings. The number of rotatable bonds is 9. The van der Waals surface area contributed by atoms with E-state index >= 15 is 0 Å². The van der Waals surface area contributed by atoms with Crippen LogP contribution < -0.4 is 24.3 Å². The van der Waals surface area contributed by atoms with Crippen LogP contribution in [0.2, 0.25) is 0 Å². The Hall–Kier alpha value is -5.57. The Kier molecular flexibility index (Phi) is 8.90. The number of nitrogens with one attached hydrogen (secondary N) is 1. The van der Waals surface area contributed by atoms with Crippen LogP contribution in [0.5, 0.6) is 23.1 Å². The van der Waals surface area contributed by atoms with Gasteiger partial charge in [-0.1, -0.05) is 42.0 Å². The van der Waals surface area contributed by atoms with Crippen LogP contribution in [0, 0.1) is 20.8 Å². The number of anilines is 1. The second-order valence-corrected chi connectivity index (χ2v) is 10.6. The van der Waals surface area contributed by atoms with Gasteiger partial charge in [-0.3, -0.25) is 9.59 Å². The van der Waals surface area contributed by atoms with E-state index < -0.39 is 5.97 Å². The van der Waals surface area contributed by atoms with Crippen molar-refractivity contribution in [1.29, 1.82) is 0 Å². The van der Waals surface area contributed by atoms with Gasteiger partial charge in [0.15, 0.2) is 11.5 Å². The Morgan fingerprint density at radius 2 is 1.36 bits per heavy atom. The highest BCUT2D eigenvalue weighted by Gasteiger charge is 2.27. The van der Waals surface area contributed by atoms with Crippen LogP contribution in [0.25, 0.3) is 28.1 Å². The predicted octanol–water partition coefficient (Wildman–Crippen LogP) is 7.33. The molecule has 1 amide bonds. The summed E-state index contributed by atoms with van der Waals surface area (Å²) in [4.78, 5) is 25.4. The van der Waals surface area contributed by atoms with Crippen LogP contribution in [0.15, 0.2) is 78.9 Å². The van der Waals surface area contributed by atoms with Crippen LogP contribution in [-0.2, 0) is 4.79 Å². The average Bonchev–Trinajstić information content (AvgIpc) is 3.40. The molecule has 0 aliphatic heterocycles. The standard InChI is InChI=1S/C36H35N3O6/c1-21-9-12-26(13-10-21)35(41)37-28-16-14-25(15-17-28)32-33(27-19-30(42-5)34(44-7)31(20-27)43-6)38-39(36(32)45-24(4)40)29-18-22(2)8-11-23(29)3/h8-20H,1-7H3,(H,37,41). The maximum Gasteiger partial charge on any atom is 0.309 e. The van der Waals surface area contributed by atoms with Gasteiger partial charge in [-0.05, 0) is 79.9 Å². The van der Waals surface area contributed by atoms with Gasteiger partial charge in [0.2, 0.25) is 11.6 Å². The number of benzene rings is 4. The summed E-state index contributed by atoms with van der Waals surface area (Å²) in [6.07, 6.45) is 0. The molecule has 0 aliphatic carbocycles. The number of nitrogens with zero attached hydrogens (tertiary/aromatic N) is 2. The highest BCUT2D eigenvalue weighted by Crippen LogP contribution is 2.46. The van der Waals surface area contributed by atoms with E-state index in [-0.39, 0.29) is 11.8 Å². The fourth-order valence-electron chi connectivity index (χ4n) is 5.05. The fraction of sp³-hybridized carbons (Fsp3) is 0.194. The molecular weight excluding hydrogens is 570 g/mol. The van der Waals surface area contributed by atoms with Crippen LogP contribution >= 0.6 is 0 Å². The summed E-state index contributed by atoms with van der Waals surface area (Å²) in [7, 11) is 4.63. The molecule has 1 aromatic heterocycles. The van der Waals surface area contributed by atoms with E-state index in [1.165, 1.54) is 6.92 Å². The van der Waals surface area contributed by atoms with Gasteiger partial charge in [0, 0.05) is 23.7 Å². The number of methoxy groups -OCH3 is 3. The van der Waals surface area contributed by atoms with Crippen LogP contribution in [0.1, 0.15) is 34.0 Å². The third-order valence-corrected chi connectivity index (χ3v) is 7.36. The zero-order valence-corrected chi connectivity index (χ0v) is 26.3. The third kappa shape index (κ3) is 6.38. The minimum absolute atomic E-state index is 0.218. The zero-order chi connectivity index (χ0) is 32.2. The molecule has 0 radical (unpaired) electrons. The fourth-order valence-corrected chi connectivity index (χ4v) is 5.05. The SMILES string of the molecule is COc1cc(-c2nn(-c3cc(C)ccc3C)c(OC(C)=O)c2-c2ccc(NC(=O)c3ccc(C)cc3)cc2)cc(OC)c1OC. The maximum absolute atomic E-state index is 12.9. The molecule has 0 atom stereocenters. The molecule has 0 spiro atoms. The number of esters is 1. The molecule has 1 heterocycles. The van der Waals surface area contributed by atoms with Crippen molar-refractivity contribution < 1.29 is 28.5 Å². The lowest BCUT2D eigenvalue weighted by atomic mass is 10.00. The van der Waals surface area contributed by atoms with Gasteiger partial charge in [0.05, 0.1) is 32.6 Å². The maximum atomic E-state index is 12.9. The lowest BCUT2D eigenvalue weighted by molar-refractivity contribution is -0.132.